The van der Waals surface area contributed by atoms with Gasteiger partial charge in [0.2, 0.25) is 0 Å². The maximum Gasteiger partial charge on any atom is 0.161 e. The van der Waals surface area contributed by atoms with E-state index >= 15 is 0 Å². The number of rotatable bonds is 8. The summed E-state index contributed by atoms with van der Waals surface area (Å²) in [5.74, 6) is 1.32. The summed E-state index contributed by atoms with van der Waals surface area (Å²) in [6.45, 7) is 3.08. The van der Waals surface area contributed by atoms with Crippen LogP contribution in [0.1, 0.15) is 25.3 Å². The van der Waals surface area contributed by atoms with Gasteiger partial charge in [-0.3, -0.25) is 0 Å². The van der Waals surface area contributed by atoms with Crippen LogP contribution in [0.15, 0.2) is 23.4 Å². The van der Waals surface area contributed by atoms with Crippen molar-refractivity contribution in [2.75, 3.05) is 27.4 Å². The molecule has 1 aromatic carbocycles. The lowest BCUT2D eigenvalue weighted by atomic mass is 10.1. The van der Waals surface area contributed by atoms with Crippen LogP contribution in [0.4, 0.5) is 0 Å². The number of methoxy groups -OCH3 is 2. The van der Waals surface area contributed by atoms with Crippen molar-refractivity contribution in [2.45, 2.75) is 19.8 Å². The molecule has 0 unspecified atom stereocenters. The lowest BCUT2D eigenvalue weighted by Crippen LogP contribution is -2.02. The Morgan fingerprint density at radius 2 is 1.89 bits per heavy atom. The highest BCUT2D eigenvalue weighted by molar-refractivity contribution is 5.98. The molecule has 1 aromatic rings. The van der Waals surface area contributed by atoms with Gasteiger partial charge in [0.05, 0.1) is 19.4 Å². The highest BCUT2D eigenvalue weighted by Gasteiger charge is 2.07. The van der Waals surface area contributed by atoms with E-state index < -0.39 is 0 Å². The summed E-state index contributed by atoms with van der Waals surface area (Å²) in [5.41, 5.74) is 1.33. The van der Waals surface area contributed by atoms with Crippen LogP contribution in [0.5, 0.6) is 11.5 Å². The standard InChI is InChI=1S/C14H21NO4/c1-11(15-16)12-6-7-13(14(10-12)18-3)19-9-5-4-8-17-2/h6-7,10,16H,4-5,8-9H2,1-3H3/b15-11+. The zero-order chi connectivity index (χ0) is 14.1. The third-order valence-corrected chi connectivity index (χ3v) is 2.73. The predicted octanol–water partition coefficient (Wildman–Crippen LogP) is 2.70. The molecule has 0 radical (unpaired) electrons. The molecule has 0 saturated heterocycles. The monoisotopic (exact) mass is 267 g/mol. The molecule has 5 nitrogen and oxygen atoms in total. The second-order valence-electron chi connectivity index (χ2n) is 4.10. The molecule has 0 amide bonds. The summed E-state index contributed by atoms with van der Waals surface area (Å²) >= 11 is 0. The quantitative estimate of drug-likeness (QED) is 0.340. The molecule has 0 fully saturated rings. The minimum Gasteiger partial charge on any atom is -0.493 e. The molecule has 0 aromatic heterocycles. The SMILES string of the molecule is COCCCCOc1ccc(/C(C)=N/O)cc1OC. The Kier molecular flexibility index (Phi) is 6.74. The van der Waals surface area contributed by atoms with Gasteiger partial charge in [-0.1, -0.05) is 5.16 Å². The van der Waals surface area contributed by atoms with Gasteiger partial charge in [-0.05, 0) is 38.0 Å². The Morgan fingerprint density at radius 1 is 1.16 bits per heavy atom. The van der Waals surface area contributed by atoms with E-state index in [4.69, 9.17) is 19.4 Å². The number of benzene rings is 1. The van der Waals surface area contributed by atoms with Gasteiger partial charge < -0.3 is 19.4 Å². The van der Waals surface area contributed by atoms with E-state index in [0.717, 1.165) is 25.0 Å². The van der Waals surface area contributed by atoms with Crippen LogP contribution < -0.4 is 9.47 Å². The molecule has 0 aliphatic heterocycles. The molecule has 0 aliphatic carbocycles. The minimum atomic E-state index is 0.532. The molecule has 0 spiro atoms. The van der Waals surface area contributed by atoms with Crippen LogP contribution in [0.25, 0.3) is 0 Å². The first-order valence-corrected chi connectivity index (χ1v) is 6.21. The second kappa shape index (κ2) is 8.37. The summed E-state index contributed by atoms with van der Waals surface area (Å²) in [5, 5.41) is 11.9. The van der Waals surface area contributed by atoms with Crippen LogP contribution in [0.2, 0.25) is 0 Å². The van der Waals surface area contributed by atoms with Crippen molar-refractivity contribution in [1.82, 2.24) is 0 Å². The molecule has 106 valence electrons. The minimum absolute atomic E-state index is 0.532. The van der Waals surface area contributed by atoms with E-state index in [0.29, 0.717) is 23.8 Å². The van der Waals surface area contributed by atoms with Crippen molar-refractivity contribution in [1.29, 1.82) is 0 Å². The molecular weight excluding hydrogens is 246 g/mol. The van der Waals surface area contributed by atoms with Crippen LogP contribution >= 0.6 is 0 Å². The lowest BCUT2D eigenvalue weighted by Gasteiger charge is -2.11. The second-order valence-corrected chi connectivity index (χ2v) is 4.10. The fourth-order valence-electron chi connectivity index (χ4n) is 1.60. The van der Waals surface area contributed by atoms with E-state index in [1.807, 2.05) is 12.1 Å². The molecule has 0 aliphatic rings. The Hall–Kier alpha value is -1.75. The fraction of sp³-hybridized carbons (Fsp3) is 0.500. The summed E-state index contributed by atoms with van der Waals surface area (Å²) < 4.78 is 15.9. The van der Waals surface area contributed by atoms with E-state index in [1.54, 1.807) is 27.2 Å². The number of ether oxygens (including phenoxy) is 3. The van der Waals surface area contributed by atoms with Crippen LogP contribution in [0.3, 0.4) is 0 Å². The third kappa shape index (κ3) is 4.79. The summed E-state index contributed by atoms with van der Waals surface area (Å²) in [6.07, 6.45) is 1.89. The maximum absolute atomic E-state index is 8.75. The topological polar surface area (TPSA) is 60.3 Å². The highest BCUT2D eigenvalue weighted by Crippen LogP contribution is 2.28. The molecule has 1 N–H and O–H groups in total. The van der Waals surface area contributed by atoms with Gasteiger partial charge in [-0.15, -0.1) is 0 Å². The van der Waals surface area contributed by atoms with Crippen molar-refractivity contribution >= 4 is 5.71 Å². The highest BCUT2D eigenvalue weighted by atomic mass is 16.5. The lowest BCUT2D eigenvalue weighted by molar-refractivity contribution is 0.183. The molecular formula is C14H21NO4. The average molecular weight is 267 g/mol. The zero-order valence-electron chi connectivity index (χ0n) is 11.7. The van der Waals surface area contributed by atoms with Gasteiger partial charge in [-0.25, -0.2) is 0 Å². The van der Waals surface area contributed by atoms with E-state index in [1.165, 1.54) is 0 Å². The van der Waals surface area contributed by atoms with Crippen LogP contribution in [0, 0.1) is 0 Å². The third-order valence-electron chi connectivity index (χ3n) is 2.73. The first-order valence-electron chi connectivity index (χ1n) is 6.21. The van der Waals surface area contributed by atoms with Crippen molar-refractivity contribution in [3.8, 4) is 11.5 Å². The molecule has 0 saturated carbocycles. The van der Waals surface area contributed by atoms with Crippen molar-refractivity contribution in [3.05, 3.63) is 23.8 Å². The first-order chi connectivity index (χ1) is 9.22. The number of nitrogens with zero attached hydrogens (tertiary/aromatic N) is 1. The predicted molar refractivity (Wildman–Crippen MR) is 73.6 cm³/mol. The van der Waals surface area contributed by atoms with E-state index in [-0.39, 0.29) is 0 Å². The number of hydrogen-bond donors (Lipinski definition) is 1. The molecule has 0 atom stereocenters. The largest absolute Gasteiger partial charge is 0.493 e. The van der Waals surface area contributed by atoms with E-state index in [2.05, 4.69) is 5.16 Å². The number of hydrogen-bond acceptors (Lipinski definition) is 5. The first kappa shape index (κ1) is 15.3. The van der Waals surface area contributed by atoms with Crippen molar-refractivity contribution in [3.63, 3.8) is 0 Å². The van der Waals surface area contributed by atoms with Crippen LogP contribution in [-0.4, -0.2) is 38.4 Å². The van der Waals surface area contributed by atoms with Gasteiger partial charge in [0.15, 0.2) is 11.5 Å². The zero-order valence-corrected chi connectivity index (χ0v) is 11.7. The molecule has 0 bridgehead atoms. The molecule has 5 heteroatoms. The van der Waals surface area contributed by atoms with E-state index in [9.17, 15) is 0 Å². The Bertz CT molecular complexity index is 418. The van der Waals surface area contributed by atoms with Gasteiger partial charge in [-0.2, -0.15) is 0 Å². The molecule has 0 heterocycles. The Balaban J connectivity index is 2.63. The Morgan fingerprint density at radius 3 is 2.53 bits per heavy atom. The normalized spacial score (nSPS) is 11.4. The van der Waals surface area contributed by atoms with Crippen LogP contribution in [-0.2, 0) is 4.74 Å². The van der Waals surface area contributed by atoms with Crippen molar-refractivity contribution in [2.24, 2.45) is 5.16 Å². The maximum atomic E-state index is 8.75. The molecule has 1 rings (SSSR count). The van der Waals surface area contributed by atoms with Gasteiger partial charge in [0.1, 0.15) is 0 Å². The summed E-state index contributed by atoms with van der Waals surface area (Å²) in [4.78, 5) is 0. The Labute approximate surface area is 113 Å². The van der Waals surface area contributed by atoms with Crippen molar-refractivity contribution < 1.29 is 19.4 Å². The molecule has 19 heavy (non-hydrogen) atoms. The number of oxime groups is 1. The smallest absolute Gasteiger partial charge is 0.161 e. The van der Waals surface area contributed by atoms with Gasteiger partial charge >= 0.3 is 0 Å². The fourth-order valence-corrected chi connectivity index (χ4v) is 1.60. The average Bonchev–Trinajstić information content (AvgIpc) is 2.46. The summed E-state index contributed by atoms with van der Waals surface area (Å²) in [7, 11) is 3.27. The van der Waals surface area contributed by atoms with Gasteiger partial charge in [0.25, 0.3) is 0 Å². The van der Waals surface area contributed by atoms with Gasteiger partial charge in [0, 0.05) is 19.3 Å². The number of unbranched alkanes of at least 4 members (excludes halogenated alkanes) is 1. The summed E-state index contributed by atoms with van der Waals surface area (Å²) in [6, 6.07) is 5.45.